The molecule has 0 amide bonds. The van der Waals surface area contributed by atoms with Gasteiger partial charge in [-0.1, -0.05) is 0 Å². The van der Waals surface area contributed by atoms with E-state index in [1.54, 1.807) is 0 Å². The fraction of sp³-hybridized carbons (Fsp3) is 0.571. The Morgan fingerprint density at radius 1 is 1.31 bits per heavy atom. The third-order valence-electron chi connectivity index (χ3n) is 1.18. The van der Waals surface area contributed by atoms with Crippen LogP contribution in [0.4, 0.5) is 0 Å². The number of ether oxygens (including phenoxy) is 2. The number of methoxy groups -OCH3 is 2. The normalized spacial score (nSPS) is 10.5. The molecule has 0 aromatic heterocycles. The highest BCUT2D eigenvalue weighted by Gasteiger charge is 2.04. The summed E-state index contributed by atoms with van der Waals surface area (Å²) in [5.74, 6) is -1.00. The molecule has 0 rings (SSSR count). The van der Waals surface area contributed by atoms with Crippen molar-refractivity contribution in [3.63, 3.8) is 0 Å². The summed E-state index contributed by atoms with van der Waals surface area (Å²) in [5, 5.41) is 3.57. The van der Waals surface area contributed by atoms with Gasteiger partial charge >= 0.3 is 11.9 Å². The number of hydrazone groups is 1. The van der Waals surface area contributed by atoms with Crippen LogP contribution in [0.25, 0.3) is 0 Å². The lowest BCUT2D eigenvalue weighted by molar-refractivity contribution is -0.139. The second-order valence-corrected chi connectivity index (χ2v) is 2.10. The van der Waals surface area contributed by atoms with Crippen LogP contribution in [-0.2, 0) is 19.1 Å². The molecule has 0 aliphatic heterocycles. The van der Waals surface area contributed by atoms with Crippen LogP contribution in [0.3, 0.4) is 0 Å². The number of nitrogens with zero attached hydrogens (tertiary/aromatic N) is 1. The number of hydrogen-bond acceptors (Lipinski definition) is 6. The lowest BCUT2D eigenvalue weighted by Crippen LogP contribution is -2.23. The van der Waals surface area contributed by atoms with Gasteiger partial charge in [0, 0.05) is 0 Å². The van der Waals surface area contributed by atoms with E-state index in [1.165, 1.54) is 21.1 Å². The average molecular weight is 188 g/mol. The number of hydrogen-bond donors (Lipinski definition) is 1. The summed E-state index contributed by atoms with van der Waals surface area (Å²) in [4.78, 5) is 21.3. The van der Waals surface area contributed by atoms with Crippen LogP contribution in [0.2, 0.25) is 0 Å². The van der Waals surface area contributed by atoms with Crippen molar-refractivity contribution in [2.45, 2.75) is 6.92 Å². The first-order chi connectivity index (χ1) is 6.11. The smallest absolute Gasteiger partial charge is 0.353 e. The second-order valence-electron chi connectivity index (χ2n) is 2.10. The zero-order chi connectivity index (χ0) is 10.3. The van der Waals surface area contributed by atoms with Crippen LogP contribution in [0, 0.1) is 0 Å². The summed E-state index contributed by atoms with van der Waals surface area (Å²) in [6, 6.07) is 0. The third-order valence-corrected chi connectivity index (χ3v) is 1.18. The Morgan fingerprint density at radius 3 is 2.38 bits per heavy atom. The van der Waals surface area contributed by atoms with Gasteiger partial charge in [-0.05, 0) is 6.92 Å². The molecule has 0 aliphatic carbocycles. The monoisotopic (exact) mass is 188 g/mol. The first-order valence-electron chi connectivity index (χ1n) is 3.54. The van der Waals surface area contributed by atoms with E-state index in [1.807, 2.05) is 0 Å². The van der Waals surface area contributed by atoms with Gasteiger partial charge in [-0.3, -0.25) is 10.2 Å². The van der Waals surface area contributed by atoms with Crippen molar-refractivity contribution in [3.8, 4) is 0 Å². The van der Waals surface area contributed by atoms with E-state index >= 15 is 0 Å². The Kier molecular flexibility index (Phi) is 5.25. The zero-order valence-electron chi connectivity index (χ0n) is 7.79. The van der Waals surface area contributed by atoms with E-state index in [-0.39, 0.29) is 12.3 Å². The number of carbonyl (C=O) groups excluding carboxylic acids is 2. The molecule has 0 bridgehead atoms. The molecular weight excluding hydrogens is 176 g/mol. The van der Waals surface area contributed by atoms with Crippen LogP contribution >= 0.6 is 0 Å². The molecule has 0 fully saturated rings. The van der Waals surface area contributed by atoms with Crippen molar-refractivity contribution in [3.05, 3.63) is 0 Å². The molecule has 0 aliphatic rings. The number of carbonyl (C=O) groups is 2. The van der Waals surface area contributed by atoms with Crippen LogP contribution in [0.5, 0.6) is 0 Å². The topological polar surface area (TPSA) is 77.0 Å². The molecule has 0 aromatic carbocycles. The van der Waals surface area contributed by atoms with Gasteiger partial charge < -0.3 is 9.47 Å². The fourth-order valence-electron chi connectivity index (χ4n) is 0.488. The Morgan fingerprint density at radius 2 is 1.92 bits per heavy atom. The highest BCUT2D eigenvalue weighted by molar-refractivity contribution is 6.35. The first-order valence-corrected chi connectivity index (χ1v) is 3.54. The minimum absolute atomic E-state index is 0.0785. The Hall–Kier alpha value is -1.59. The predicted octanol–water partition coefficient (Wildman–Crippen LogP) is -0.702. The highest BCUT2D eigenvalue weighted by atomic mass is 16.5. The standard InChI is InChI=1S/C7H12N2O4/c1-5(7(11)13-3)9-8-4-6(10)12-2/h8H,4H2,1-3H3/b9-5-. The summed E-state index contributed by atoms with van der Waals surface area (Å²) in [6.07, 6.45) is 0. The molecule has 6 nitrogen and oxygen atoms in total. The van der Waals surface area contributed by atoms with E-state index in [2.05, 4.69) is 20.0 Å². The van der Waals surface area contributed by atoms with Gasteiger partial charge in [0.05, 0.1) is 14.2 Å². The largest absolute Gasteiger partial charge is 0.468 e. The highest BCUT2D eigenvalue weighted by Crippen LogP contribution is 1.79. The molecule has 1 N–H and O–H groups in total. The summed E-state index contributed by atoms with van der Waals surface area (Å²) >= 11 is 0. The summed E-state index contributed by atoms with van der Waals surface area (Å²) in [7, 11) is 2.52. The second kappa shape index (κ2) is 5.99. The Bertz CT molecular complexity index is 225. The molecule has 0 saturated heterocycles. The zero-order valence-corrected chi connectivity index (χ0v) is 7.79. The summed E-state index contributed by atoms with van der Waals surface area (Å²) in [5.41, 5.74) is 2.51. The molecule has 0 atom stereocenters. The lowest BCUT2D eigenvalue weighted by atomic mass is 10.4. The van der Waals surface area contributed by atoms with Gasteiger partial charge in [0.1, 0.15) is 12.3 Å². The molecule has 0 heterocycles. The van der Waals surface area contributed by atoms with Gasteiger partial charge in [-0.15, -0.1) is 0 Å². The van der Waals surface area contributed by atoms with Gasteiger partial charge in [-0.25, -0.2) is 4.79 Å². The lowest BCUT2D eigenvalue weighted by Gasteiger charge is -2.00. The van der Waals surface area contributed by atoms with Crippen molar-refractivity contribution in [2.75, 3.05) is 20.8 Å². The van der Waals surface area contributed by atoms with Crippen LogP contribution in [0.15, 0.2) is 5.10 Å². The molecule has 0 spiro atoms. The number of esters is 2. The minimum atomic E-state index is -0.544. The van der Waals surface area contributed by atoms with E-state index in [4.69, 9.17) is 0 Å². The molecule has 6 heteroatoms. The predicted molar refractivity (Wildman–Crippen MR) is 45.1 cm³/mol. The van der Waals surface area contributed by atoms with Crippen LogP contribution < -0.4 is 5.43 Å². The van der Waals surface area contributed by atoms with E-state index in [0.29, 0.717) is 0 Å². The number of nitrogens with one attached hydrogen (secondary N) is 1. The van der Waals surface area contributed by atoms with E-state index in [0.717, 1.165) is 0 Å². The van der Waals surface area contributed by atoms with E-state index < -0.39 is 11.9 Å². The Labute approximate surface area is 75.9 Å². The maximum atomic E-state index is 10.7. The van der Waals surface area contributed by atoms with Crippen molar-refractivity contribution < 1.29 is 19.1 Å². The Balaban J connectivity index is 3.84. The van der Waals surface area contributed by atoms with Crippen LogP contribution in [0.1, 0.15) is 6.92 Å². The fourth-order valence-corrected chi connectivity index (χ4v) is 0.488. The quantitative estimate of drug-likeness (QED) is 0.358. The molecule has 0 radical (unpaired) electrons. The molecule has 74 valence electrons. The summed E-state index contributed by atoms with van der Waals surface area (Å²) in [6.45, 7) is 1.39. The molecule has 0 saturated carbocycles. The average Bonchev–Trinajstić information content (AvgIpc) is 2.15. The van der Waals surface area contributed by atoms with E-state index in [9.17, 15) is 9.59 Å². The molecular formula is C7H12N2O4. The van der Waals surface area contributed by atoms with Crippen molar-refractivity contribution in [1.29, 1.82) is 0 Å². The SMILES string of the molecule is COC(=O)CN/N=C(/C)C(=O)OC. The van der Waals surface area contributed by atoms with Crippen molar-refractivity contribution in [2.24, 2.45) is 5.10 Å². The molecule has 0 unspecified atom stereocenters. The van der Waals surface area contributed by atoms with Gasteiger partial charge in [-0.2, -0.15) is 5.10 Å². The van der Waals surface area contributed by atoms with Crippen molar-refractivity contribution in [1.82, 2.24) is 5.43 Å². The van der Waals surface area contributed by atoms with Gasteiger partial charge in [0.15, 0.2) is 0 Å². The first kappa shape index (κ1) is 11.4. The van der Waals surface area contributed by atoms with Crippen molar-refractivity contribution >= 4 is 17.7 Å². The maximum Gasteiger partial charge on any atom is 0.353 e. The molecule has 0 aromatic rings. The summed E-state index contributed by atoms with van der Waals surface area (Å²) < 4.78 is 8.70. The molecule has 13 heavy (non-hydrogen) atoms. The third kappa shape index (κ3) is 4.78. The number of rotatable bonds is 4. The van der Waals surface area contributed by atoms with Gasteiger partial charge in [0.25, 0.3) is 0 Å². The van der Waals surface area contributed by atoms with Crippen LogP contribution in [-0.4, -0.2) is 38.4 Å². The van der Waals surface area contributed by atoms with Gasteiger partial charge in [0.2, 0.25) is 0 Å². The maximum absolute atomic E-state index is 10.7. The minimum Gasteiger partial charge on any atom is -0.468 e.